The molecule has 0 aliphatic heterocycles. The van der Waals surface area contributed by atoms with Crippen LogP contribution in [0.2, 0.25) is 5.02 Å². The lowest BCUT2D eigenvalue weighted by atomic mass is 9.98. The molecule has 0 bridgehead atoms. The summed E-state index contributed by atoms with van der Waals surface area (Å²) in [6.07, 6.45) is 3.43. The number of Topliss-reactive ketones (excluding diaryl/α,β-unsaturated/α-hetero) is 1. The van der Waals surface area contributed by atoms with Crippen LogP contribution in [-0.2, 0) is 20.6 Å². The fraction of sp³-hybridized carbons (Fsp3) is 0.280. The average molecular weight is 499 g/mol. The molecule has 3 rings (SSSR count). The van der Waals surface area contributed by atoms with Crippen molar-refractivity contribution in [3.05, 3.63) is 83.4 Å². The van der Waals surface area contributed by atoms with Crippen molar-refractivity contribution in [2.45, 2.75) is 25.9 Å². The van der Waals surface area contributed by atoms with Gasteiger partial charge in [0.2, 0.25) is 5.78 Å². The third-order valence-corrected chi connectivity index (χ3v) is 6.13. The molecule has 7 nitrogen and oxygen atoms in total. The van der Waals surface area contributed by atoms with Gasteiger partial charge in [-0.3, -0.25) is 4.79 Å². The number of ether oxygens (including phenoxy) is 1. The molecule has 0 aliphatic carbocycles. The highest BCUT2D eigenvalue weighted by Crippen LogP contribution is 2.24. The van der Waals surface area contributed by atoms with E-state index in [0.29, 0.717) is 35.1 Å². The highest BCUT2D eigenvalue weighted by atomic mass is 35.5. The number of hydrogen-bond acceptors (Lipinski definition) is 7. The standard InChI is InChI=1S/C25H25ClN3O4S/c1-17(8-13-22(16-34-32)33-25(31)18-6-4-3-5-7-18)23(30)24-27-14-21(15-28-24)29(2)20-11-9-19(26)10-12-20/h3-7,9-12,14-15,17,22H,8,13,16H2,1-2H3/q+1. The summed E-state index contributed by atoms with van der Waals surface area (Å²) in [5.74, 6) is -0.848. The summed E-state index contributed by atoms with van der Waals surface area (Å²) >= 11 is 6.30. The Kier molecular flexibility index (Phi) is 9.18. The summed E-state index contributed by atoms with van der Waals surface area (Å²) in [6, 6.07) is 15.9. The van der Waals surface area contributed by atoms with E-state index in [1.54, 1.807) is 61.8 Å². The number of aromatic nitrogens is 2. The van der Waals surface area contributed by atoms with E-state index in [2.05, 4.69) is 9.97 Å². The number of esters is 1. The summed E-state index contributed by atoms with van der Waals surface area (Å²) < 4.78 is 16.6. The zero-order valence-corrected chi connectivity index (χ0v) is 20.5. The molecule has 0 saturated carbocycles. The van der Waals surface area contributed by atoms with Crippen molar-refractivity contribution < 1.29 is 18.5 Å². The molecule has 2 unspecified atom stereocenters. The predicted molar refractivity (Wildman–Crippen MR) is 133 cm³/mol. The molecule has 0 radical (unpaired) electrons. The second kappa shape index (κ2) is 12.3. The van der Waals surface area contributed by atoms with Crippen LogP contribution >= 0.6 is 11.6 Å². The third-order valence-electron chi connectivity index (χ3n) is 5.37. The van der Waals surface area contributed by atoms with E-state index >= 15 is 0 Å². The van der Waals surface area contributed by atoms with Crippen molar-refractivity contribution in [2.24, 2.45) is 5.92 Å². The largest absolute Gasteiger partial charge is 0.462 e. The molecule has 0 aliphatic rings. The van der Waals surface area contributed by atoms with Crippen LogP contribution in [0, 0.1) is 5.92 Å². The number of benzene rings is 2. The Labute approximate surface area is 207 Å². The number of halogens is 1. The van der Waals surface area contributed by atoms with Crippen molar-refractivity contribution in [3.63, 3.8) is 0 Å². The molecule has 2 aromatic carbocycles. The molecule has 0 N–H and O–H groups in total. The van der Waals surface area contributed by atoms with E-state index in [-0.39, 0.29) is 17.4 Å². The molecule has 0 fully saturated rings. The molecule has 0 saturated heterocycles. The van der Waals surface area contributed by atoms with E-state index in [0.717, 1.165) is 11.4 Å². The molecule has 0 amide bonds. The smallest absolute Gasteiger partial charge is 0.453 e. The first-order valence-electron chi connectivity index (χ1n) is 10.8. The predicted octanol–water partition coefficient (Wildman–Crippen LogP) is 5.15. The SMILES string of the molecule is CC(CCC(C[S+]=O)OC(=O)c1ccccc1)C(=O)c1ncc(N(C)c2ccc(Cl)cc2)cn1. The van der Waals surface area contributed by atoms with Gasteiger partial charge in [0, 0.05) is 27.9 Å². The second-order valence-electron chi connectivity index (χ2n) is 7.82. The van der Waals surface area contributed by atoms with E-state index in [1.165, 1.54) is 0 Å². The first kappa shape index (κ1) is 25.4. The van der Waals surface area contributed by atoms with Crippen LogP contribution < -0.4 is 4.90 Å². The van der Waals surface area contributed by atoms with Gasteiger partial charge in [-0.25, -0.2) is 14.8 Å². The van der Waals surface area contributed by atoms with E-state index < -0.39 is 18.0 Å². The van der Waals surface area contributed by atoms with E-state index in [4.69, 9.17) is 16.3 Å². The van der Waals surface area contributed by atoms with Gasteiger partial charge in [-0.15, -0.1) is 0 Å². The van der Waals surface area contributed by atoms with Gasteiger partial charge in [0.1, 0.15) is 0 Å². The van der Waals surface area contributed by atoms with Crippen molar-refractivity contribution >= 4 is 46.4 Å². The minimum atomic E-state index is -0.582. The normalized spacial score (nSPS) is 12.4. The van der Waals surface area contributed by atoms with Gasteiger partial charge in [-0.05, 0) is 49.2 Å². The van der Waals surface area contributed by atoms with Crippen LogP contribution in [0.1, 0.15) is 40.7 Å². The first-order chi connectivity index (χ1) is 16.4. The summed E-state index contributed by atoms with van der Waals surface area (Å²) in [5, 5.41) is 0.647. The van der Waals surface area contributed by atoms with Gasteiger partial charge < -0.3 is 9.64 Å². The lowest BCUT2D eigenvalue weighted by molar-refractivity contribution is 0.0322. The van der Waals surface area contributed by atoms with Crippen molar-refractivity contribution in [1.82, 2.24) is 9.97 Å². The number of anilines is 2. The Morgan fingerprint density at radius 2 is 1.65 bits per heavy atom. The van der Waals surface area contributed by atoms with Crippen LogP contribution in [0.15, 0.2) is 67.0 Å². The van der Waals surface area contributed by atoms with Crippen molar-refractivity contribution in [1.29, 1.82) is 0 Å². The van der Waals surface area contributed by atoms with Crippen LogP contribution in [0.5, 0.6) is 0 Å². The maximum Gasteiger partial charge on any atom is 0.462 e. The quantitative estimate of drug-likeness (QED) is 0.205. The first-order valence-corrected chi connectivity index (χ1v) is 12.0. The minimum absolute atomic E-state index is 0.113. The van der Waals surface area contributed by atoms with Gasteiger partial charge in [0.05, 0.1) is 23.6 Å². The molecule has 34 heavy (non-hydrogen) atoms. The molecule has 9 heteroatoms. The number of carbonyl (C=O) groups is 2. The van der Waals surface area contributed by atoms with Gasteiger partial charge in [-0.1, -0.05) is 36.7 Å². The van der Waals surface area contributed by atoms with Gasteiger partial charge in [-0.2, -0.15) is 0 Å². The van der Waals surface area contributed by atoms with E-state index in [1.807, 2.05) is 24.1 Å². The zero-order chi connectivity index (χ0) is 24.5. The lowest BCUT2D eigenvalue weighted by Crippen LogP contribution is -2.24. The Morgan fingerprint density at radius 3 is 2.26 bits per heavy atom. The van der Waals surface area contributed by atoms with Crippen LogP contribution in [-0.4, -0.2) is 40.6 Å². The van der Waals surface area contributed by atoms with Crippen molar-refractivity contribution in [2.75, 3.05) is 17.7 Å². The topological polar surface area (TPSA) is 89.5 Å². The fourth-order valence-corrected chi connectivity index (χ4v) is 3.78. The summed E-state index contributed by atoms with van der Waals surface area (Å²) in [4.78, 5) is 35.5. The number of ketones is 1. The van der Waals surface area contributed by atoms with Gasteiger partial charge in [0.15, 0.2) is 11.9 Å². The summed E-state index contributed by atoms with van der Waals surface area (Å²) in [6.45, 7) is 1.78. The van der Waals surface area contributed by atoms with E-state index in [9.17, 15) is 13.8 Å². The molecule has 1 heterocycles. The van der Waals surface area contributed by atoms with Gasteiger partial charge in [0.25, 0.3) is 5.75 Å². The maximum absolute atomic E-state index is 12.8. The second-order valence-corrected chi connectivity index (χ2v) is 8.83. The monoisotopic (exact) mass is 498 g/mol. The highest BCUT2D eigenvalue weighted by Gasteiger charge is 2.25. The van der Waals surface area contributed by atoms with Crippen molar-refractivity contribution in [3.8, 4) is 0 Å². The Hall–Kier alpha value is -3.23. The molecule has 1 aromatic heterocycles. The Balaban J connectivity index is 1.57. The summed E-state index contributed by atoms with van der Waals surface area (Å²) in [7, 11) is 1.87. The third kappa shape index (κ3) is 6.88. The van der Waals surface area contributed by atoms with Crippen LogP contribution in [0.25, 0.3) is 0 Å². The molecule has 2 atom stereocenters. The van der Waals surface area contributed by atoms with Crippen LogP contribution in [0.4, 0.5) is 11.4 Å². The van der Waals surface area contributed by atoms with Gasteiger partial charge >= 0.3 is 17.6 Å². The maximum atomic E-state index is 12.8. The van der Waals surface area contributed by atoms with Crippen LogP contribution in [0.3, 0.4) is 0 Å². The average Bonchev–Trinajstić information content (AvgIpc) is 2.87. The molecule has 0 spiro atoms. The number of hydrogen-bond donors (Lipinski definition) is 0. The highest BCUT2D eigenvalue weighted by molar-refractivity contribution is 7.65. The molecule has 3 aromatic rings. The molecular weight excluding hydrogens is 474 g/mol. The fourth-order valence-electron chi connectivity index (χ4n) is 3.27. The number of rotatable bonds is 11. The Bertz CT molecular complexity index is 1110. The lowest BCUT2D eigenvalue weighted by Gasteiger charge is -2.19. The molecular formula is C25H25ClN3O4S+. The Morgan fingerprint density at radius 1 is 1.00 bits per heavy atom. The number of carbonyl (C=O) groups excluding carboxylic acids is 2. The zero-order valence-electron chi connectivity index (χ0n) is 18.9. The minimum Gasteiger partial charge on any atom is -0.453 e. The summed E-state index contributed by atoms with van der Waals surface area (Å²) in [5.41, 5.74) is 2.06. The molecule has 176 valence electrons. The number of nitrogens with zero attached hydrogens (tertiary/aromatic N) is 3.